The van der Waals surface area contributed by atoms with E-state index in [-0.39, 0.29) is 17.1 Å². The molecule has 174 valence electrons. The molecule has 0 amide bonds. The van der Waals surface area contributed by atoms with Crippen molar-refractivity contribution in [2.45, 2.75) is 24.2 Å². The smallest absolute Gasteiger partial charge is 0.150 e. The summed E-state index contributed by atoms with van der Waals surface area (Å²) in [5.41, 5.74) is 4.00. The average molecular weight is 477 g/mol. The molecule has 0 bridgehead atoms. The maximum atomic E-state index is 13.7. The molecule has 0 spiro atoms. The number of benzene rings is 3. The van der Waals surface area contributed by atoms with Gasteiger partial charge in [0.05, 0.1) is 4.90 Å². The Kier molecular flexibility index (Phi) is 8.79. The summed E-state index contributed by atoms with van der Waals surface area (Å²) in [4.78, 5) is 17.0. The zero-order valence-corrected chi connectivity index (χ0v) is 19.2. The summed E-state index contributed by atoms with van der Waals surface area (Å²) in [5.74, 6) is -0.182. The average Bonchev–Trinajstić information content (AvgIpc) is 2.84. The molecule has 0 aliphatic rings. The monoisotopic (exact) mass is 476 g/mol. The van der Waals surface area contributed by atoms with Gasteiger partial charge in [0.1, 0.15) is 11.6 Å². The van der Waals surface area contributed by atoms with Crippen LogP contribution in [0.4, 0.5) is 10.1 Å². The van der Waals surface area contributed by atoms with E-state index in [4.69, 9.17) is 0 Å². The van der Waals surface area contributed by atoms with Crippen molar-refractivity contribution in [1.82, 2.24) is 4.98 Å². The maximum absolute atomic E-state index is 13.7. The van der Waals surface area contributed by atoms with Crippen molar-refractivity contribution in [2.75, 3.05) is 4.72 Å². The molecule has 7 heteroatoms. The van der Waals surface area contributed by atoms with Crippen molar-refractivity contribution < 1.29 is 18.9 Å². The number of anilines is 1. The van der Waals surface area contributed by atoms with Crippen molar-refractivity contribution in [1.29, 1.82) is 0 Å². The number of aryl methyl sites for hydroxylation is 1. The Labute approximate surface area is 200 Å². The van der Waals surface area contributed by atoms with Crippen molar-refractivity contribution in [3.8, 4) is 11.1 Å². The molecule has 1 heterocycles. The predicted octanol–water partition coefficient (Wildman–Crippen LogP) is 4.94. The summed E-state index contributed by atoms with van der Waals surface area (Å²) < 4.78 is 29.7. The minimum atomic E-state index is -1.54. The van der Waals surface area contributed by atoms with Gasteiger partial charge < -0.3 is 10.2 Å². The van der Waals surface area contributed by atoms with E-state index in [0.717, 1.165) is 11.1 Å². The number of aromatic nitrogens is 1. The van der Waals surface area contributed by atoms with Gasteiger partial charge in [0.15, 0.2) is 11.0 Å². The van der Waals surface area contributed by atoms with Crippen LogP contribution in [0.15, 0.2) is 102 Å². The first-order valence-electron chi connectivity index (χ1n) is 10.6. The lowest BCUT2D eigenvalue weighted by atomic mass is 10.0. The second-order valence-corrected chi connectivity index (χ2v) is 8.83. The number of pyridine rings is 1. The Morgan fingerprint density at radius 2 is 1.71 bits per heavy atom. The van der Waals surface area contributed by atoms with Crippen LogP contribution in [0.3, 0.4) is 0 Å². The molecule has 0 saturated heterocycles. The van der Waals surface area contributed by atoms with Crippen LogP contribution in [0.5, 0.6) is 0 Å². The third-order valence-corrected chi connectivity index (χ3v) is 6.38. The number of carbonyl (C=O) groups excluding carboxylic acids is 1. The Bertz CT molecular complexity index is 1260. The molecule has 3 aromatic carbocycles. The van der Waals surface area contributed by atoms with Gasteiger partial charge in [-0.2, -0.15) is 0 Å². The van der Waals surface area contributed by atoms with Gasteiger partial charge in [-0.15, -0.1) is 0 Å². The molecule has 3 N–H and O–H groups in total. The lowest BCUT2D eigenvalue weighted by molar-refractivity contribution is -0.118. The van der Waals surface area contributed by atoms with E-state index < -0.39 is 11.0 Å². The molecule has 0 radical (unpaired) electrons. The number of nitrogens with one attached hydrogen (secondary N) is 1. The molecule has 0 aliphatic carbocycles. The lowest BCUT2D eigenvalue weighted by Crippen LogP contribution is -2.07. The standard InChI is InChI=1S/C27H23FN2O2S.H2O/c28-23-7-3-6-22(18-23)26-8-1-2-9-27(26)33(32)30-24-13-10-20(11-14-24)17-25(31)15-12-21-5-4-16-29-19-21;/h1-11,13-14,16,18-19,30H,12,15,17H2;1H2. The van der Waals surface area contributed by atoms with Gasteiger partial charge in [-0.3, -0.25) is 9.78 Å². The first kappa shape index (κ1) is 25.0. The molecule has 5 nitrogen and oxygen atoms in total. The Morgan fingerprint density at radius 1 is 0.912 bits per heavy atom. The van der Waals surface area contributed by atoms with Crippen molar-refractivity contribution in [3.63, 3.8) is 0 Å². The molecule has 0 aliphatic heterocycles. The highest BCUT2D eigenvalue weighted by atomic mass is 32.2. The van der Waals surface area contributed by atoms with E-state index in [1.165, 1.54) is 12.1 Å². The first-order valence-corrected chi connectivity index (χ1v) is 11.8. The van der Waals surface area contributed by atoms with Crippen LogP contribution in [0, 0.1) is 5.82 Å². The largest absolute Gasteiger partial charge is 0.412 e. The van der Waals surface area contributed by atoms with Crippen molar-refractivity contribution >= 4 is 22.5 Å². The molecule has 4 rings (SSSR count). The summed E-state index contributed by atoms with van der Waals surface area (Å²) in [7, 11) is -1.54. The normalized spacial score (nSPS) is 11.3. The second kappa shape index (κ2) is 12.0. The van der Waals surface area contributed by atoms with Crippen LogP contribution in [-0.2, 0) is 28.6 Å². The van der Waals surface area contributed by atoms with Crippen LogP contribution < -0.4 is 4.72 Å². The molecule has 34 heavy (non-hydrogen) atoms. The molecule has 0 fully saturated rings. The molecule has 1 atom stereocenters. The van der Waals surface area contributed by atoms with Gasteiger partial charge in [0.2, 0.25) is 0 Å². The quantitative estimate of drug-likeness (QED) is 0.371. The number of Topliss-reactive ketones (excluding diaryl/α,β-unsaturated/α-hetero) is 1. The van der Waals surface area contributed by atoms with Crippen LogP contribution in [0.25, 0.3) is 11.1 Å². The minimum absolute atomic E-state index is 0. The highest BCUT2D eigenvalue weighted by Crippen LogP contribution is 2.27. The van der Waals surface area contributed by atoms with E-state index >= 15 is 0 Å². The molecule has 4 aromatic rings. The zero-order valence-electron chi connectivity index (χ0n) is 18.4. The molecule has 1 aromatic heterocycles. The Balaban J connectivity index is 0.00000324. The van der Waals surface area contributed by atoms with E-state index in [1.807, 2.05) is 48.5 Å². The van der Waals surface area contributed by atoms with Gasteiger partial charge in [0, 0.05) is 30.9 Å². The van der Waals surface area contributed by atoms with Crippen molar-refractivity contribution in [3.05, 3.63) is 114 Å². The molecule has 0 saturated carbocycles. The lowest BCUT2D eigenvalue weighted by Gasteiger charge is -2.12. The van der Waals surface area contributed by atoms with Gasteiger partial charge in [-0.05, 0) is 65.1 Å². The highest BCUT2D eigenvalue weighted by Gasteiger charge is 2.12. The molecular weight excluding hydrogens is 451 g/mol. The van der Waals surface area contributed by atoms with Crippen LogP contribution in [0.1, 0.15) is 17.5 Å². The fraction of sp³-hybridized carbons (Fsp3) is 0.111. The minimum Gasteiger partial charge on any atom is -0.412 e. The summed E-state index contributed by atoms with van der Waals surface area (Å²) >= 11 is 0. The number of carbonyl (C=O) groups is 1. The number of halogens is 1. The van der Waals surface area contributed by atoms with E-state index in [1.54, 1.807) is 36.7 Å². The fourth-order valence-corrected chi connectivity index (χ4v) is 4.57. The van der Waals surface area contributed by atoms with Crippen LogP contribution in [0.2, 0.25) is 0 Å². The van der Waals surface area contributed by atoms with Crippen LogP contribution in [-0.4, -0.2) is 20.5 Å². The van der Waals surface area contributed by atoms with Gasteiger partial charge in [-0.1, -0.05) is 48.5 Å². The van der Waals surface area contributed by atoms with Crippen molar-refractivity contribution in [2.24, 2.45) is 0 Å². The number of hydrogen-bond acceptors (Lipinski definition) is 3. The third kappa shape index (κ3) is 6.66. The zero-order chi connectivity index (χ0) is 23.0. The number of rotatable bonds is 9. The summed E-state index contributed by atoms with van der Waals surface area (Å²) in [5, 5.41) is 0. The summed E-state index contributed by atoms with van der Waals surface area (Å²) in [6.07, 6.45) is 4.99. The van der Waals surface area contributed by atoms with E-state index in [9.17, 15) is 13.4 Å². The highest BCUT2D eigenvalue weighted by molar-refractivity contribution is 7.86. The van der Waals surface area contributed by atoms with Gasteiger partial charge >= 0.3 is 0 Å². The Morgan fingerprint density at radius 3 is 2.44 bits per heavy atom. The number of hydrogen-bond donors (Lipinski definition) is 1. The Hall–Kier alpha value is -3.68. The topological polar surface area (TPSA) is 90.6 Å². The first-order chi connectivity index (χ1) is 16.1. The number of ketones is 1. The molecular formula is C27H25FN2O3S. The molecule has 1 unspecified atom stereocenters. The van der Waals surface area contributed by atoms with Crippen LogP contribution >= 0.6 is 0 Å². The maximum Gasteiger partial charge on any atom is 0.150 e. The predicted molar refractivity (Wildman–Crippen MR) is 133 cm³/mol. The fourth-order valence-electron chi connectivity index (χ4n) is 3.52. The van der Waals surface area contributed by atoms with Gasteiger partial charge in [-0.25, -0.2) is 8.60 Å². The second-order valence-electron chi connectivity index (χ2n) is 7.65. The third-order valence-electron chi connectivity index (χ3n) is 5.20. The van der Waals surface area contributed by atoms with E-state index in [2.05, 4.69) is 9.71 Å². The SMILES string of the molecule is O.O=C(CCc1cccnc1)Cc1ccc(NS(=O)c2ccccc2-c2cccc(F)c2)cc1. The summed E-state index contributed by atoms with van der Waals surface area (Å²) in [6, 6.07) is 24.6. The van der Waals surface area contributed by atoms with E-state index in [0.29, 0.717) is 41.0 Å². The number of nitrogens with zero attached hydrogens (tertiary/aromatic N) is 1. The van der Waals surface area contributed by atoms with Gasteiger partial charge in [0.25, 0.3) is 0 Å². The summed E-state index contributed by atoms with van der Waals surface area (Å²) in [6.45, 7) is 0.